The first-order valence-electron chi connectivity index (χ1n) is 6.47. The Kier molecular flexibility index (Phi) is 3.94. The summed E-state index contributed by atoms with van der Waals surface area (Å²) in [5.74, 6) is 3.39. The molecule has 0 radical (unpaired) electrons. The van der Waals surface area contributed by atoms with Crippen molar-refractivity contribution < 1.29 is 0 Å². The topological polar surface area (TPSA) is 56.7 Å². The number of allylic oxidation sites excluding steroid dienone is 1. The molecule has 17 heavy (non-hydrogen) atoms. The van der Waals surface area contributed by atoms with Gasteiger partial charge in [-0.2, -0.15) is 0 Å². The zero-order valence-corrected chi connectivity index (χ0v) is 10.6. The maximum Gasteiger partial charge on any atom is 0.136 e. The van der Waals surface area contributed by atoms with Crippen LogP contribution in [0.25, 0.3) is 0 Å². The third-order valence-electron chi connectivity index (χ3n) is 3.82. The summed E-state index contributed by atoms with van der Waals surface area (Å²) < 4.78 is 2.18. The smallest absolute Gasteiger partial charge is 0.136 e. The highest BCUT2D eigenvalue weighted by atomic mass is 15.3. The van der Waals surface area contributed by atoms with Crippen LogP contribution in [0.5, 0.6) is 0 Å². The molecular weight excluding hydrogens is 212 g/mol. The van der Waals surface area contributed by atoms with E-state index in [1.54, 1.807) is 0 Å². The third-order valence-corrected chi connectivity index (χ3v) is 3.82. The Hall–Kier alpha value is -1.16. The van der Waals surface area contributed by atoms with Gasteiger partial charge in [-0.15, -0.1) is 16.8 Å². The Morgan fingerprint density at radius 1 is 1.35 bits per heavy atom. The first-order valence-corrected chi connectivity index (χ1v) is 6.47. The summed E-state index contributed by atoms with van der Waals surface area (Å²) in [4.78, 5) is 0. The van der Waals surface area contributed by atoms with E-state index in [0.717, 1.165) is 24.7 Å². The second-order valence-corrected chi connectivity index (χ2v) is 4.96. The van der Waals surface area contributed by atoms with Crippen LogP contribution in [0.2, 0.25) is 0 Å². The van der Waals surface area contributed by atoms with Crippen molar-refractivity contribution in [2.75, 3.05) is 6.54 Å². The van der Waals surface area contributed by atoms with Crippen LogP contribution in [-0.4, -0.2) is 21.3 Å². The number of nitrogens with zero attached hydrogens (tertiary/aromatic N) is 3. The van der Waals surface area contributed by atoms with Crippen LogP contribution < -0.4 is 5.73 Å². The van der Waals surface area contributed by atoms with Crippen LogP contribution in [0, 0.1) is 12.8 Å². The third kappa shape index (κ3) is 2.57. The molecule has 1 heterocycles. The lowest BCUT2D eigenvalue weighted by atomic mass is 9.81. The van der Waals surface area contributed by atoms with Gasteiger partial charge in [0.05, 0.1) is 0 Å². The molecule has 0 atom stereocenters. The summed E-state index contributed by atoms with van der Waals surface area (Å²) in [6.45, 7) is 7.44. The molecule has 94 valence electrons. The van der Waals surface area contributed by atoms with E-state index >= 15 is 0 Å². The molecule has 0 amide bonds. The maximum atomic E-state index is 5.72. The van der Waals surface area contributed by atoms with Crippen LogP contribution in [0.15, 0.2) is 12.7 Å². The number of nitrogens with two attached hydrogens (primary N) is 1. The van der Waals surface area contributed by atoms with Gasteiger partial charge < -0.3 is 10.3 Å². The van der Waals surface area contributed by atoms with E-state index in [9.17, 15) is 0 Å². The fourth-order valence-corrected chi connectivity index (χ4v) is 2.71. The fourth-order valence-electron chi connectivity index (χ4n) is 2.71. The molecule has 1 aliphatic carbocycles. The quantitative estimate of drug-likeness (QED) is 0.811. The second-order valence-electron chi connectivity index (χ2n) is 4.96. The van der Waals surface area contributed by atoms with E-state index in [2.05, 4.69) is 21.3 Å². The van der Waals surface area contributed by atoms with Gasteiger partial charge in [0.2, 0.25) is 0 Å². The lowest BCUT2D eigenvalue weighted by Gasteiger charge is -2.27. The summed E-state index contributed by atoms with van der Waals surface area (Å²) in [5.41, 5.74) is 5.72. The molecule has 1 aliphatic rings. The van der Waals surface area contributed by atoms with E-state index in [0.29, 0.717) is 11.8 Å². The predicted octanol–water partition coefficient (Wildman–Crippen LogP) is 2.01. The standard InChI is InChI=1S/C13H22N4/c1-3-8-17-10(2)15-16-13(17)12-6-4-11(9-14)5-7-12/h3,11-12H,1,4-9,14H2,2H3. The molecule has 0 spiro atoms. The molecule has 1 aromatic heterocycles. The van der Waals surface area contributed by atoms with E-state index in [-0.39, 0.29) is 0 Å². The number of rotatable bonds is 4. The second kappa shape index (κ2) is 5.45. The molecule has 0 saturated heterocycles. The molecule has 0 aromatic carbocycles. The summed E-state index contributed by atoms with van der Waals surface area (Å²) in [6.07, 6.45) is 6.74. The van der Waals surface area contributed by atoms with Gasteiger partial charge in [-0.25, -0.2) is 0 Å². The Bertz CT molecular complexity index is 375. The number of aryl methyl sites for hydroxylation is 1. The number of hydrogen-bond acceptors (Lipinski definition) is 3. The molecule has 0 unspecified atom stereocenters. The Morgan fingerprint density at radius 2 is 2.06 bits per heavy atom. The average molecular weight is 234 g/mol. The van der Waals surface area contributed by atoms with Crippen LogP contribution >= 0.6 is 0 Å². The lowest BCUT2D eigenvalue weighted by Crippen LogP contribution is -2.22. The first kappa shape index (κ1) is 12.3. The highest BCUT2D eigenvalue weighted by Crippen LogP contribution is 2.34. The molecule has 0 bridgehead atoms. The summed E-state index contributed by atoms with van der Waals surface area (Å²) in [5, 5.41) is 8.53. The van der Waals surface area contributed by atoms with Crippen molar-refractivity contribution in [1.82, 2.24) is 14.8 Å². The van der Waals surface area contributed by atoms with Crippen molar-refractivity contribution in [1.29, 1.82) is 0 Å². The zero-order valence-electron chi connectivity index (χ0n) is 10.6. The van der Waals surface area contributed by atoms with Crippen LogP contribution in [0.4, 0.5) is 0 Å². The van der Waals surface area contributed by atoms with Crippen LogP contribution in [0.3, 0.4) is 0 Å². The molecule has 4 heteroatoms. The fraction of sp³-hybridized carbons (Fsp3) is 0.692. The molecule has 1 aromatic rings. The number of aromatic nitrogens is 3. The minimum absolute atomic E-state index is 0.555. The van der Waals surface area contributed by atoms with E-state index in [1.165, 1.54) is 25.7 Å². The highest BCUT2D eigenvalue weighted by Gasteiger charge is 2.25. The van der Waals surface area contributed by atoms with E-state index in [4.69, 9.17) is 5.73 Å². The van der Waals surface area contributed by atoms with Gasteiger partial charge in [0.25, 0.3) is 0 Å². The normalized spacial score (nSPS) is 24.8. The Morgan fingerprint density at radius 3 is 2.65 bits per heavy atom. The largest absolute Gasteiger partial charge is 0.330 e. The summed E-state index contributed by atoms with van der Waals surface area (Å²) in [6, 6.07) is 0. The van der Waals surface area contributed by atoms with Crippen molar-refractivity contribution in [3.63, 3.8) is 0 Å². The lowest BCUT2D eigenvalue weighted by molar-refractivity contribution is 0.321. The van der Waals surface area contributed by atoms with Gasteiger partial charge in [0.1, 0.15) is 11.6 Å². The molecule has 0 aliphatic heterocycles. The monoisotopic (exact) mass is 234 g/mol. The Balaban J connectivity index is 2.10. The molecule has 1 saturated carbocycles. The van der Waals surface area contributed by atoms with Crippen LogP contribution in [-0.2, 0) is 6.54 Å². The summed E-state index contributed by atoms with van der Waals surface area (Å²) >= 11 is 0. The van der Waals surface area contributed by atoms with Crippen molar-refractivity contribution in [2.24, 2.45) is 11.7 Å². The number of hydrogen-bond donors (Lipinski definition) is 1. The maximum absolute atomic E-state index is 5.72. The van der Waals surface area contributed by atoms with E-state index < -0.39 is 0 Å². The van der Waals surface area contributed by atoms with Crippen molar-refractivity contribution in [3.05, 3.63) is 24.3 Å². The van der Waals surface area contributed by atoms with Gasteiger partial charge in [-0.05, 0) is 45.1 Å². The summed E-state index contributed by atoms with van der Waals surface area (Å²) in [7, 11) is 0. The minimum Gasteiger partial charge on any atom is -0.330 e. The SMILES string of the molecule is C=CCn1c(C)nnc1C1CCC(CN)CC1. The first-order chi connectivity index (χ1) is 8.26. The zero-order chi connectivity index (χ0) is 12.3. The van der Waals surface area contributed by atoms with Crippen molar-refractivity contribution in [3.8, 4) is 0 Å². The van der Waals surface area contributed by atoms with Gasteiger partial charge in [0.15, 0.2) is 0 Å². The van der Waals surface area contributed by atoms with Crippen molar-refractivity contribution >= 4 is 0 Å². The van der Waals surface area contributed by atoms with Gasteiger partial charge in [0, 0.05) is 12.5 Å². The predicted molar refractivity (Wildman–Crippen MR) is 68.7 cm³/mol. The molecule has 2 N–H and O–H groups in total. The average Bonchev–Trinajstić information content (AvgIpc) is 2.72. The van der Waals surface area contributed by atoms with Crippen molar-refractivity contribution in [2.45, 2.75) is 45.1 Å². The minimum atomic E-state index is 0.555. The molecular formula is C13H22N4. The molecule has 4 nitrogen and oxygen atoms in total. The van der Waals surface area contributed by atoms with Crippen LogP contribution in [0.1, 0.15) is 43.3 Å². The molecule has 2 rings (SSSR count). The highest BCUT2D eigenvalue weighted by molar-refractivity contribution is 5.04. The molecule has 1 fully saturated rings. The van der Waals surface area contributed by atoms with Gasteiger partial charge >= 0.3 is 0 Å². The van der Waals surface area contributed by atoms with Gasteiger partial charge in [-0.1, -0.05) is 6.08 Å². The van der Waals surface area contributed by atoms with Gasteiger partial charge in [-0.3, -0.25) is 0 Å². The Labute approximate surface area is 103 Å². The van der Waals surface area contributed by atoms with E-state index in [1.807, 2.05) is 13.0 Å².